The molecule has 0 unspecified atom stereocenters. The average molecular weight is 288 g/mol. The fourth-order valence-electron chi connectivity index (χ4n) is 2.60. The third kappa shape index (κ3) is 3.04. The van der Waals surface area contributed by atoms with Crippen molar-refractivity contribution in [2.24, 2.45) is 0 Å². The Morgan fingerprint density at radius 1 is 1.33 bits per heavy atom. The number of esters is 1. The Morgan fingerprint density at radius 2 is 2.14 bits per heavy atom. The zero-order valence-corrected chi connectivity index (χ0v) is 11.5. The quantitative estimate of drug-likeness (QED) is 0.871. The summed E-state index contributed by atoms with van der Waals surface area (Å²) in [5.41, 5.74) is 1.26. The standard InChI is InChI=1S/C15H16N2O4/c18-13(17-10-4-1-2-5-10)8-20-15(19)11-6-3-7-12-14(11)16-9-21-12/h3,6-7,9-10H,1-2,4-5,8H2,(H,17,18). The van der Waals surface area contributed by atoms with Crippen molar-refractivity contribution in [1.29, 1.82) is 0 Å². The number of nitrogens with zero attached hydrogens (tertiary/aromatic N) is 1. The molecule has 2 aromatic rings. The molecule has 0 aliphatic heterocycles. The Bertz CT molecular complexity index is 658. The molecular formula is C15H16N2O4. The lowest BCUT2D eigenvalue weighted by molar-refractivity contribution is -0.124. The van der Waals surface area contributed by atoms with Gasteiger partial charge in [0.05, 0.1) is 5.56 Å². The van der Waals surface area contributed by atoms with Gasteiger partial charge in [0, 0.05) is 6.04 Å². The Morgan fingerprint density at radius 3 is 2.95 bits per heavy atom. The van der Waals surface area contributed by atoms with Crippen LogP contribution in [0.25, 0.3) is 11.1 Å². The maximum atomic E-state index is 12.0. The number of carbonyl (C=O) groups excluding carboxylic acids is 2. The van der Waals surface area contributed by atoms with E-state index in [0.717, 1.165) is 25.7 Å². The van der Waals surface area contributed by atoms with E-state index >= 15 is 0 Å². The van der Waals surface area contributed by atoms with Crippen molar-refractivity contribution >= 4 is 23.0 Å². The second-order valence-corrected chi connectivity index (χ2v) is 5.13. The van der Waals surface area contributed by atoms with E-state index in [4.69, 9.17) is 9.15 Å². The molecule has 6 nitrogen and oxygen atoms in total. The molecule has 1 fully saturated rings. The zero-order valence-electron chi connectivity index (χ0n) is 11.5. The maximum absolute atomic E-state index is 12.0. The van der Waals surface area contributed by atoms with Gasteiger partial charge in [0.25, 0.3) is 5.91 Å². The number of hydrogen-bond acceptors (Lipinski definition) is 5. The molecule has 1 aromatic heterocycles. The minimum absolute atomic E-state index is 0.218. The molecule has 0 bridgehead atoms. The highest BCUT2D eigenvalue weighted by Gasteiger charge is 2.19. The molecule has 110 valence electrons. The first-order chi connectivity index (χ1) is 10.2. The van der Waals surface area contributed by atoms with Crippen LogP contribution in [0.3, 0.4) is 0 Å². The van der Waals surface area contributed by atoms with Gasteiger partial charge < -0.3 is 14.5 Å². The molecular weight excluding hydrogens is 272 g/mol. The van der Waals surface area contributed by atoms with Gasteiger partial charge >= 0.3 is 5.97 Å². The second kappa shape index (κ2) is 5.95. The van der Waals surface area contributed by atoms with Crippen LogP contribution in [0.1, 0.15) is 36.0 Å². The van der Waals surface area contributed by atoms with E-state index < -0.39 is 5.97 Å². The number of carbonyl (C=O) groups is 2. The fraction of sp³-hybridized carbons (Fsp3) is 0.400. The molecule has 1 N–H and O–H groups in total. The molecule has 0 saturated heterocycles. The van der Waals surface area contributed by atoms with Crippen molar-refractivity contribution in [3.05, 3.63) is 30.2 Å². The Kier molecular flexibility index (Phi) is 3.85. The summed E-state index contributed by atoms with van der Waals surface area (Å²) in [4.78, 5) is 27.7. The first-order valence-corrected chi connectivity index (χ1v) is 7.03. The molecule has 1 heterocycles. The van der Waals surface area contributed by atoms with Crippen LogP contribution in [0.4, 0.5) is 0 Å². The minimum atomic E-state index is -0.573. The third-order valence-corrected chi connectivity index (χ3v) is 3.64. The molecule has 1 aliphatic carbocycles. The van der Waals surface area contributed by atoms with Crippen molar-refractivity contribution in [2.75, 3.05) is 6.61 Å². The monoisotopic (exact) mass is 288 g/mol. The first-order valence-electron chi connectivity index (χ1n) is 7.03. The largest absolute Gasteiger partial charge is 0.452 e. The number of fused-ring (bicyclic) bond motifs is 1. The number of benzene rings is 1. The Hall–Kier alpha value is -2.37. The topological polar surface area (TPSA) is 81.4 Å². The predicted octanol–water partition coefficient (Wildman–Crippen LogP) is 2.04. The smallest absolute Gasteiger partial charge is 0.340 e. The van der Waals surface area contributed by atoms with E-state index in [1.165, 1.54) is 6.39 Å². The lowest BCUT2D eigenvalue weighted by Crippen LogP contribution is -2.35. The normalized spacial score (nSPS) is 15.2. The van der Waals surface area contributed by atoms with Gasteiger partial charge in [-0.3, -0.25) is 4.79 Å². The zero-order chi connectivity index (χ0) is 14.7. The molecule has 0 spiro atoms. The van der Waals surface area contributed by atoms with Gasteiger partial charge in [0.2, 0.25) is 0 Å². The number of nitrogens with one attached hydrogen (secondary N) is 1. The second-order valence-electron chi connectivity index (χ2n) is 5.13. The number of amides is 1. The highest BCUT2D eigenvalue weighted by atomic mass is 16.5. The van der Waals surface area contributed by atoms with Gasteiger partial charge in [-0.25, -0.2) is 9.78 Å². The van der Waals surface area contributed by atoms with Gasteiger partial charge in [0.1, 0.15) is 5.52 Å². The molecule has 3 rings (SSSR count). The summed E-state index contributed by atoms with van der Waals surface area (Å²) in [6.07, 6.45) is 5.54. The van der Waals surface area contributed by atoms with Crippen LogP contribution in [-0.4, -0.2) is 29.5 Å². The van der Waals surface area contributed by atoms with Crippen molar-refractivity contribution in [2.45, 2.75) is 31.7 Å². The van der Waals surface area contributed by atoms with Crippen molar-refractivity contribution < 1.29 is 18.7 Å². The summed E-state index contributed by atoms with van der Waals surface area (Å²) in [5, 5.41) is 2.87. The molecule has 21 heavy (non-hydrogen) atoms. The van der Waals surface area contributed by atoms with E-state index in [1.54, 1.807) is 18.2 Å². The number of oxazole rings is 1. The number of rotatable bonds is 4. The first kappa shape index (κ1) is 13.6. The maximum Gasteiger partial charge on any atom is 0.340 e. The van der Waals surface area contributed by atoms with Crippen LogP contribution >= 0.6 is 0 Å². The molecule has 1 amide bonds. The third-order valence-electron chi connectivity index (χ3n) is 3.64. The summed E-state index contributed by atoms with van der Waals surface area (Å²) < 4.78 is 10.2. The molecule has 1 aromatic carbocycles. The van der Waals surface area contributed by atoms with Gasteiger partial charge in [0.15, 0.2) is 18.6 Å². The van der Waals surface area contributed by atoms with Crippen LogP contribution in [0.2, 0.25) is 0 Å². The number of ether oxygens (including phenoxy) is 1. The van der Waals surface area contributed by atoms with Crippen molar-refractivity contribution in [1.82, 2.24) is 10.3 Å². The van der Waals surface area contributed by atoms with Gasteiger partial charge in [-0.15, -0.1) is 0 Å². The number of hydrogen-bond donors (Lipinski definition) is 1. The van der Waals surface area contributed by atoms with E-state index in [1.807, 2.05) is 0 Å². The summed E-state index contributed by atoms with van der Waals surface area (Å²) in [6, 6.07) is 5.21. The van der Waals surface area contributed by atoms with Crippen LogP contribution in [0, 0.1) is 0 Å². The van der Waals surface area contributed by atoms with Crippen molar-refractivity contribution in [3.8, 4) is 0 Å². The van der Waals surface area contributed by atoms with E-state index in [0.29, 0.717) is 16.7 Å². The lowest BCUT2D eigenvalue weighted by Gasteiger charge is -2.11. The fourth-order valence-corrected chi connectivity index (χ4v) is 2.60. The average Bonchev–Trinajstić information content (AvgIpc) is 3.14. The van der Waals surface area contributed by atoms with E-state index in [2.05, 4.69) is 10.3 Å². The van der Waals surface area contributed by atoms with Gasteiger partial charge in [-0.1, -0.05) is 18.9 Å². The van der Waals surface area contributed by atoms with Crippen LogP contribution < -0.4 is 5.32 Å². The van der Waals surface area contributed by atoms with Crippen molar-refractivity contribution in [3.63, 3.8) is 0 Å². The minimum Gasteiger partial charge on any atom is -0.452 e. The molecule has 0 atom stereocenters. The Labute approximate surface area is 121 Å². The molecule has 1 aliphatic rings. The highest BCUT2D eigenvalue weighted by Crippen LogP contribution is 2.18. The van der Waals surface area contributed by atoms with Gasteiger partial charge in [-0.05, 0) is 25.0 Å². The van der Waals surface area contributed by atoms with Crippen LogP contribution in [-0.2, 0) is 9.53 Å². The summed E-state index contributed by atoms with van der Waals surface area (Å²) in [6.45, 7) is -0.274. The lowest BCUT2D eigenvalue weighted by atomic mass is 10.2. The SMILES string of the molecule is O=C(COC(=O)c1cccc2ocnc12)NC1CCCC1. The molecule has 0 radical (unpaired) electrons. The molecule has 6 heteroatoms. The summed E-state index contributed by atoms with van der Waals surface area (Å²) in [5.74, 6) is -0.835. The van der Waals surface area contributed by atoms with E-state index in [9.17, 15) is 9.59 Å². The van der Waals surface area contributed by atoms with Crippen LogP contribution in [0.5, 0.6) is 0 Å². The van der Waals surface area contributed by atoms with Crippen LogP contribution in [0.15, 0.2) is 29.0 Å². The summed E-state index contributed by atoms with van der Waals surface area (Å²) in [7, 11) is 0. The summed E-state index contributed by atoms with van der Waals surface area (Å²) >= 11 is 0. The highest BCUT2D eigenvalue weighted by molar-refractivity contribution is 6.01. The number of para-hydroxylation sites is 1. The van der Waals surface area contributed by atoms with Gasteiger partial charge in [-0.2, -0.15) is 0 Å². The predicted molar refractivity (Wildman–Crippen MR) is 74.7 cm³/mol. The Balaban J connectivity index is 1.58. The van der Waals surface area contributed by atoms with E-state index in [-0.39, 0.29) is 18.6 Å². The molecule has 1 saturated carbocycles. The number of aromatic nitrogens is 1.